The SMILES string of the molecule is CC(CN)NC1C(NC(=O)OC(C)(C)C)C2CCCOC21. The van der Waals surface area contributed by atoms with Gasteiger partial charge in [-0.15, -0.1) is 0 Å². The number of alkyl carbamates (subject to hydrolysis) is 1. The second-order valence-corrected chi connectivity index (χ2v) is 7.14. The van der Waals surface area contributed by atoms with Gasteiger partial charge in [0.2, 0.25) is 0 Å². The first kappa shape index (κ1) is 16.5. The Morgan fingerprint density at radius 1 is 1.43 bits per heavy atom. The second-order valence-electron chi connectivity index (χ2n) is 7.14. The van der Waals surface area contributed by atoms with Crippen molar-refractivity contribution in [3.05, 3.63) is 0 Å². The Morgan fingerprint density at radius 2 is 2.14 bits per heavy atom. The minimum absolute atomic E-state index is 0.0548. The zero-order chi connectivity index (χ0) is 15.6. The molecule has 21 heavy (non-hydrogen) atoms. The quantitative estimate of drug-likeness (QED) is 0.721. The van der Waals surface area contributed by atoms with E-state index in [1.54, 1.807) is 0 Å². The second kappa shape index (κ2) is 6.50. The van der Waals surface area contributed by atoms with Crippen LogP contribution in [0.25, 0.3) is 0 Å². The summed E-state index contributed by atoms with van der Waals surface area (Å²) in [6, 6.07) is 0.366. The number of nitrogens with one attached hydrogen (secondary N) is 2. The number of hydrogen-bond donors (Lipinski definition) is 3. The molecule has 4 N–H and O–H groups in total. The van der Waals surface area contributed by atoms with Gasteiger partial charge in [-0.25, -0.2) is 4.79 Å². The van der Waals surface area contributed by atoms with Gasteiger partial charge < -0.3 is 25.8 Å². The lowest BCUT2D eigenvalue weighted by molar-refractivity contribution is -0.129. The van der Waals surface area contributed by atoms with E-state index in [0.29, 0.717) is 12.5 Å². The zero-order valence-corrected chi connectivity index (χ0v) is 13.5. The van der Waals surface area contributed by atoms with Gasteiger partial charge in [-0.1, -0.05) is 0 Å². The third kappa shape index (κ3) is 4.08. The van der Waals surface area contributed by atoms with Gasteiger partial charge in [-0.05, 0) is 40.5 Å². The number of nitrogens with two attached hydrogens (primary N) is 1. The van der Waals surface area contributed by atoms with E-state index in [1.807, 2.05) is 27.7 Å². The maximum Gasteiger partial charge on any atom is 0.407 e. The van der Waals surface area contributed by atoms with Gasteiger partial charge in [-0.2, -0.15) is 0 Å². The largest absolute Gasteiger partial charge is 0.444 e. The van der Waals surface area contributed by atoms with Crippen LogP contribution in [0.4, 0.5) is 4.79 Å². The lowest BCUT2D eigenvalue weighted by atomic mass is 9.68. The van der Waals surface area contributed by atoms with E-state index in [4.69, 9.17) is 15.2 Å². The summed E-state index contributed by atoms with van der Waals surface area (Å²) >= 11 is 0. The number of carbonyl (C=O) groups is 1. The highest BCUT2D eigenvalue weighted by molar-refractivity contribution is 5.68. The number of amides is 1. The van der Waals surface area contributed by atoms with E-state index >= 15 is 0 Å². The monoisotopic (exact) mass is 299 g/mol. The molecule has 5 atom stereocenters. The number of rotatable bonds is 4. The summed E-state index contributed by atoms with van der Waals surface area (Å²) in [5.74, 6) is 0.369. The Morgan fingerprint density at radius 3 is 2.76 bits per heavy atom. The molecule has 0 aromatic rings. The first-order valence-electron chi connectivity index (χ1n) is 7.89. The van der Waals surface area contributed by atoms with Crippen molar-refractivity contribution in [3.8, 4) is 0 Å². The molecule has 2 rings (SSSR count). The zero-order valence-electron chi connectivity index (χ0n) is 13.5. The molecule has 1 aliphatic carbocycles. The lowest BCUT2D eigenvalue weighted by Gasteiger charge is -2.54. The van der Waals surface area contributed by atoms with Crippen LogP contribution >= 0.6 is 0 Å². The van der Waals surface area contributed by atoms with Crippen LogP contribution in [0.5, 0.6) is 0 Å². The Kier molecular flexibility index (Phi) is 5.11. The molecular formula is C15H29N3O3. The van der Waals surface area contributed by atoms with E-state index < -0.39 is 5.60 Å². The maximum absolute atomic E-state index is 12.0. The topological polar surface area (TPSA) is 85.6 Å². The number of carbonyl (C=O) groups excluding carboxylic acids is 1. The first-order valence-corrected chi connectivity index (χ1v) is 7.89. The Bertz CT molecular complexity index is 370. The molecular weight excluding hydrogens is 270 g/mol. The lowest BCUT2D eigenvalue weighted by Crippen LogP contribution is -2.74. The minimum atomic E-state index is -0.482. The van der Waals surface area contributed by atoms with Crippen LogP contribution in [-0.2, 0) is 9.47 Å². The summed E-state index contributed by atoms with van der Waals surface area (Å²) in [6.07, 6.45) is 1.95. The van der Waals surface area contributed by atoms with Crippen LogP contribution in [0.2, 0.25) is 0 Å². The van der Waals surface area contributed by atoms with E-state index in [2.05, 4.69) is 10.6 Å². The van der Waals surface area contributed by atoms with Crippen LogP contribution < -0.4 is 16.4 Å². The maximum atomic E-state index is 12.0. The molecule has 1 amide bonds. The molecule has 122 valence electrons. The van der Waals surface area contributed by atoms with Crippen LogP contribution in [0.1, 0.15) is 40.5 Å². The van der Waals surface area contributed by atoms with Crippen molar-refractivity contribution in [3.63, 3.8) is 0 Å². The molecule has 2 fully saturated rings. The van der Waals surface area contributed by atoms with Crippen LogP contribution in [0.3, 0.4) is 0 Å². The molecule has 0 aromatic heterocycles. The van der Waals surface area contributed by atoms with E-state index in [9.17, 15) is 4.79 Å². The average Bonchev–Trinajstić information content (AvgIpc) is 2.40. The number of ether oxygens (including phenoxy) is 2. The molecule has 0 spiro atoms. The van der Waals surface area contributed by atoms with E-state index in [1.165, 1.54) is 0 Å². The molecule has 1 saturated heterocycles. The summed E-state index contributed by atoms with van der Waals surface area (Å²) in [7, 11) is 0. The highest BCUT2D eigenvalue weighted by atomic mass is 16.6. The van der Waals surface area contributed by atoms with Crippen LogP contribution in [0, 0.1) is 5.92 Å². The van der Waals surface area contributed by atoms with Gasteiger partial charge in [0.15, 0.2) is 0 Å². The van der Waals surface area contributed by atoms with Gasteiger partial charge >= 0.3 is 6.09 Å². The molecule has 1 aliphatic heterocycles. The third-order valence-corrected chi connectivity index (χ3v) is 4.13. The molecule has 1 saturated carbocycles. The molecule has 0 bridgehead atoms. The summed E-state index contributed by atoms with van der Waals surface area (Å²) < 4.78 is 11.2. The molecule has 6 heteroatoms. The molecule has 0 aromatic carbocycles. The summed E-state index contributed by atoms with van der Waals surface area (Å²) in [5, 5.41) is 6.47. The van der Waals surface area contributed by atoms with Gasteiger partial charge in [0.25, 0.3) is 0 Å². The number of fused-ring (bicyclic) bond motifs is 1. The molecule has 5 unspecified atom stereocenters. The Labute approximate surface area is 127 Å². The highest BCUT2D eigenvalue weighted by Crippen LogP contribution is 2.38. The van der Waals surface area contributed by atoms with Crippen LogP contribution in [0.15, 0.2) is 0 Å². The van der Waals surface area contributed by atoms with Crippen molar-refractivity contribution in [2.75, 3.05) is 13.2 Å². The van der Waals surface area contributed by atoms with E-state index in [0.717, 1.165) is 19.4 Å². The predicted molar refractivity (Wildman–Crippen MR) is 81.1 cm³/mol. The van der Waals surface area contributed by atoms with Gasteiger partial charge in [0, 0.05) is 25.1 Å². The smallest absolute Gasteiger partial charge is 0.407 e. The third-order valence-electron chi connectivity index (χ3n) is 4.13. The molecule has 0 radical (unpaired) electrons. The summed E-state index contributed by atoms with van der Waals surface area (Å²) in [5.41, 5.74) is 5.20. The molecule has 6 nitrogen and oxygen atoms in total. The standard InChI is InChI=1S/C15H29N3O3/c1-9(8-16)17-12-11(10-6-5-7-20-13(10)12)18-14(19)21-15(2,3)4/h9-13,17H,5-8,16H2,1-4H3,(H,18,19). The Hall–Kier alpha value is -0.850. The Balaban J connectivity index is 1.95. The normalized spacial score (nSPS) is 33.6. The van der Waals surface area contributed by atoms with Crippen molar-refractivity contribution in [1.29, 1.82) is 0 Å². The molecule has 1 heterocycles. The average molecular weight is 299 g/mol. The van der Waals surface area contributed by atoms with Crippen molar-refractivity contribution in [1.82, 2.24) is 10.6 Å². The summed E-state index contributed by atoms with van der Waals surface area (Å²) in [6.45, 7) is 9.01. The van der Waals surface area contributed by atoms with Crippen molar-refractivity contribution in [2.24, 2.45) is 11.7 Å². The first-order chi connectivity index (χ1) is 9.81. The molecule has 2 aliphatic rings. The minimum Gasteiger partial charge on any atom is -0.444 e. The van der Waals surface area contributed by atoms with E-state index in [-0.39, 0.29) is 30.3 Å². The fourth-order valence-electron chi connectivity index (χ4n) is 3.14. The van der Waals surface area contributed by atoms with Crippen molar-refractivity contribution >= 4 is 6.09 Å². The summed E-state index contributed by atoms with van der Waals surface area (Å²) in [4.78, 5) is 12.0. The van der Waals surface area contributed by atoms with Crippen molar-refractivity contribution in [2.45, 2.75) is 70.4 Å². The highest BCUT2D eigenvalue weighted by Gasteiger charge is 2.53. The van der Waals surface area contributed by atoms with Crippen LogP contribution in [-0.4, -0.2) is 49.1 Å². The van der Waals surface area contributed by atoms with Crippen molar-refractivity contribution < 1.29 is 14.3 Å². The van der Waals surface area contributed by atoms with Gasteiger partial charge in [-0.3, -0.25) is 0 Å². The fourth-order valence-corrected chi connectivity index (χ4v) is 3.14. The fraction of sp³-hybridized carbons (Fsp3) is 0.933. The predicted octanol–water partition coefficient (Wildman–Crippen LogP) is 0.994. The van der Waals surface area contributed by atoms with Gasteiger partial charge in [0.05, 0.1) is 18.2 Å². The number of hydrogen-bond acceptors (Lipinski definition) is 5. The van der Waals surface area contributed by atoms with Gasteiger partial charge in [0.1, 0.15) is 5.60 Å².